The molecular formula is C22H20N2O2S2. The molecule has 0 spiro atoms. The quantitative estimate of drug-likeness (QED) is 0.394. The number of nitrogens with zero attached hydrogens (tertiary/aromatic N) is 2. The van der Waals surface area contributed by atoms with Crippen LogP contribution in [0, 0.1) is 0 Å². The van der Waals surface area contributed by atoms with E-state index in [1.165, 1.54) is 4.70 Å². The van der Waals surface area contributed by atoms with Crippen molar-refractivity contribution in [2.75, 3.05) is 5.75 Å². The van der Waals surface area contributed by atoms with E-state index in [0.29, 0.717) is 18.8 Å². The van der Waals surface area contributed by atoms with E-state index in [1.807, 2.05) is 65.6 Å². The Labute approximate surface area is 172 Å². The molecule has 28 heavy (non-hydrogen) atoms. The molecule has 4 aromatic rings. The summed E-state index contributed by atoms with van der Waals surface area (Å²) in [5, 5.41) is 1.06. The van der Waals surface area contributed by atoms with Gasteiger partial charge in [-0.15, -0.1) is 23.1 Å². The summed E-state index contributed by atoms with van der Waals surface area (Å²) in [6.45, 7) is 1.05. The zero-order valence-corrected chi connectivity index (χ0v) is 16.9. The van der Waals surface area contributed by atoms with Crippen LogP contribution in [0.5, 0.6) is 0 Å². The van der Waals surface area contributed by atoms with Gasteiger partial charge in [0.25, 0.3) is 0 Å². The van der Waals surface area contributed by atoms with E-state index in [1.54, 1.807) is 29.4 Å². The van der Waals surface area contributed by atoms with Crippen LogP contribution in [0.1, 0.15) is 16.3 Å². The van der Waals surface area contributed by atoms with Crippen LogP contribution < -0.4 is 0 Å². The van der Waals surface area contributed by atoms with Gasteiger partial charge in [0.05, 0.1) is 28.8 Å². The Morgan fingerprint density at radius 3 is 2.61 bits per heavy atom. The Morgan fingerprint density at radius 1 is 1.00 bits per heavy atom. The molecule has 0 atom stereocenters. The smallest absolute Gasteiger partial charge is 0.233 e. The SMILES string of the molecule is O=C(CSCc1nc2ccccc2s1)N(Cc1ccccc1)Cc1ccco1. The topological polar surface area (TPSA) is 46.3 Å². The number of para-hydroxylation sites is 1. The summed E-state index contributed by atoms with van der Waals surface area (Å²) >= 11 is 3.30. The van der Waals surface area contributed by atoms with E-state index in [0.717, 1.165) is 27.6 Å². The van der Waals surface area contributed by atoms with Crippen LogP contribution in [-0.2, 0) is 23.6 Å². The summed E-state index contributed by atoms with van der Waals surface area (Å²) < 4.78 is 6.64. The minimum absolute atomic E-state index is 0.103. The number of aromatic nitrogens is 1. The number of benzene rings is 2. The summed E-state index contributed by atoms with van der Waals surface area (Å²) in [6.07, 6.45) is 1.64. The fourth-order valence-electron chi connectivity index (χ4n) is 2.93. The van der Waals surface area contributed by atoms with Crippen LogP contribution in [0.2, 0.25) is 0 Å². The van der Waals surface area contributed by atoms with Crippen LogP contribution in [0.4, 0.5) is 0 Å². The molecule has 2 heterocycles. The van der Waals surface area contributed by atoms with Crippen molar-refractivity contribution in [2.45, 2.75) is 18.8 Å². The lowest BCUT2D eigenvalue weighted by atomic mass is 10.2. The monoisotopic (exact) mass is 408 g/mol. The molecule has 1 amide bonds. The van der Waals surface area contributed by atoms with Crippen molar-refractivity contribution in [2.24, 2.45) is 0 Å². The molecule has 0 aliphatic heterocycles. The third-order valence-electron chi connectivity index (χ3n) is 4.29. The van der Waals surface area contributed by atoms with E-state index in [4.69, 9.17) is 4.42 Å². The number of amides is 1. The standard InChI is InChI=1S/C22H20N2O2S2/c25-22(16-27-15-21-23-19-10-4-5-11-20(19)28-21)24(14-18-9-6-12-26-18)13-17-7-2-1-3-8-17/h1-12H,13-16H2. The van der Waals surface area contributed by atoms with Crippen molar-refractivity contribution in [3.8, 4) is 0 Å². The largest absolute Gasteiger partial charge is 0.467 e. The summed E-state index contributed by atoms with van der Waals surface area (Å²) in [7, 11) is 0. The number of thioether (sulfide) groups is 1. The number of carbonyl (C=O) groups excluding carboxylic acids is 1. The Kier molecular flexibility index (Phi) is 6.09. The molecule has 0 aliphatic carbocycles. The highest BCUT2D eigenvalue weighted by Crippen LogP contribution is 2.25. The van der Waals surface area contributed by atoms with Crippen molar-refractivity contribution in [1.29, 1.82) is 0 Å². The zero-order chi connectivity index (χ0) is 19.2. The van der Waals surface area contributed by atoms with Gasteiger partial charge in [-0.3, -0.25) is 4.79 Å². The first-order chi connectivity index (χ1) is 13.8. The summed E-state index contributed by atoms with van der Waals surface area (Å²) in [6, 6.07) is 21.9. The van der Waals surface area contributed by atoms with Crippen LogP contribution in [0.25, 0.3) is 10.2 Å². The van der Waals surface area contributed by atoms with Crippen molar-refractivity contribution < 1.29 is 9.21 Å². The molecule has 142 valence electrons. The highest BCUT2D eigenvalue weighted by Gasteiger charge is 2.16. The lowest BCUT2D eigenvalue weighted by molar-refractivity contribution is -0.129. The van der Waals surface area contributed by atoms with Gasteiger partial charge in [-0.2, -0.15) is 0 Å². The third kappa shape index (κ3) is 4.82. The van der Waals surface area contributed by atoms with E-state index in [9.17, 15) is 4.79 Å². The number of hydrogen-bond donors (Lipinski definition) is 0. The second-order valence-corrected chi connectivity index (χ2v) is 8.48. The van der Waals surface area contributed by atoms with Crippen LogP contribution in [-0.4, -0.2) is 21.5 Å². The first kappa shape index (κ1) is 18.8. The van der Waals surface area contributed by atoms with Crippen LogP contribution >= 0.6 is 23.1 Å². The second kappa shape index (κ2) is 9.08. The Hall–Kier alpha value is -2.57. The number of rotatable bonds is 8. The fraction of sp³-hybridized carbons (Fsp3) is 0.182. The maximum atomic E-state index is 12.9. The van der Waals surface area contributed by atoms with Crippen LogP contribution in [0.15, 0.2) is 77.4 Å². The van der Waals surface area contributed by atoms with Crippen molar-refractivity contribution in [3.05, 3.63) is 89.3 Å². The Bertz CT molecular complexity index is 996. The first-order valence-electron chi connectivity index (χ1n) is 9.04. The average molecular weight is 409 g/mol. The van der Waals surface area contributed by atoms with E-state index < -0.39 is 0 Å². The van der Waals surface area contributed by atoms with Gasteiger partial charge in [-0.1, -0.05) is 42.5 Å². The molecule has 0 unspecified atom stereocenters. The molecule has 2 aromatic heterocycles. The molecule has 0 radical (unpaired) electrons. The average Bonchev–Trinajstić information content (AvgIpc) is 3.37. The van der Waals surface area contributed by atoms with Crippen LogP contribution in [0.3, 0.4) is 0 Å². The van der Waals surface area contributed by atoms with Gasteiger partial charge in [-0.25, -0.2) is 4.98 Å². The lowest BCUT2D eigenvalue weighted by Gasteiger charge is -2.21. The highest BCUT2D eigenvalue weighted by molar-refractivity contribution is 7.99. The van der Waals surface area contributed by atoms with Crippen molar-refractivity contribution in [1.82, 2.24) is 9.88 Å². The normalized spacial score (nSPS) is 11.0. The summed E-state index contributed by atoms with van der Waals surface area (Å²) in [5.41, 5.74) is 2.14. The first-order valence-corrected chi connectivity index (χ1v) is 11.0. The molecule has 0 saturated heterocycles. The van der Waals surface area contributed by atoms with Gasteiger partial charge < -0.3 is 9.32 Å². The number of thiazole rings is 1. The Balaban J connectivity index is 1.38. The molecule has 0 fully saturated rings. The highest BCUT2D eigenvalue weighted by atomic mass is 32.2. The van der Waals surface area contributed by atoms with Gasteiger partial charge >= 0.3 is 0 Å². The molecule has 2 aromatic carbocycles. The van der Waals surface area contributed by atoms with E-state index in [-0.39, 0.29) is 5.91 Å². The molecule has 0 aliphatic rings. The number of carbonyl (C=O) groups is 1. The minimum atomic E-state index is 0.103. The maximum absolute atomic E-state index is 12.9. The molecule has 0 saturated carbocycles. The lowest BCUT2D eigenvalue weighted by Crippen LogP contribution is -2.31. The molecule has 0 bridgehead atoms. The van der Waals surface area contributed by atoms with Crippen molar-refractivity contribution in [3.63, 3.8) is 0 Å². The molecule has 0 N–H and O–H groups in total. The molecule has 6 heteroatoms. The maximum Gasteiger partial charge on any atom is 0.233 e. The summed E-state index contributed by atoms with van der Waals surface area (Å²) in [5.74, 6) is 2.06. The predicted molar refractivity (Wildman–Crippen MR) is 115 cm³/mol. The predicted octanol–water partition coefficient (Wildman–Crippen LogP) is 5.35. The number of hydrogen-bond acceptors (Lipinski definition) is 5. The van der Waals surface area contributed by atoms with Gasteiger partial charge in [0, 0.05) is 12.3 Å². The van der Waals surface area contributed by atoms with Gasteiger partial charge in [0.1, 0.15) is 10.8 Å². The van der Waals surface area contributed by atoms with Gasteiger partial charge in [-0.05, 0) is 29.8 Å². The van der Waals surface area contributed by atoms with E-state index >= 15 is 0 Å². The molecule has 4 nitrogen and oxygen atoms in total. The molecule has 4 rings (SSSR count). The van der Waals surface area contributed by atoms with Crippen molar-refractivity contribution >= 4 is 39.2 Å². The number of fused-ring (bicyclic) bond motifs is 1. The Morgan fingerprint density at radius 2 is 1.82 bits per heavy atom. The molecular weight excluding hydrogens is 388 g/mol. The van der Waals surface area contributed by atoms with Gasteiger partial charge in [0.2, 0.25) is 5.91 Å². The van der Waals surface area contributed by atoms with Gasteiger partial charge in [0.15, 0.2) is 0 Å². The minimum Gasteiger partial charge on any atom is -0.467 e. The number of furan rings is 1. The third-order valence-corrected chi connectivity index (χ3v) is 6.43. The summed E-state index contributed by atoms with van der Waals surface area (Å²) in [4.78, 5) is 19.4. The second-order valence-electron chi connectivity index (χ2n) is 6.38. The van der Waals surface area contributed by atoms with E-state index in [2.05, 4.69) is 11.1 Å². The zero-order valence-electron chi connectivity index (χ0n) is 15.3. The fourth-order valence-corrected chi connectivity index (χ4v) is 4.87.